The van der Waals surface area contributed by atoms with Crippen LogP contribution in [0.15, 0.2) is 59.4 Å². The number of hydrogen-bond donors (Lipinski definition) is 1. The third-order valence-corrected chi connectivity index (χ3v) is 9.85. The fourth-order valence-electron chi connectivity index (χ4n) is 7.69. The van der Waals surface area contributed by atoms with Gasteiger partial charge in [0.05, 0.1) is 16.6 Å². The summed E-state index contributed by atoms with van der Waals surface area (Å²) >= 11 is 0. The summed E-state index contributed by atoms with van der Waals surface area (Å²) in [6.45, 7) is 5.54. The Morgan fingerprint density at radius 1 is 0.795 bits per heavy atom. The van der Waals surface area contributed by atoms with Crippen LogP contribution < -0.4 is 10.9 Å². The van der Waals surface area contributed by atoms with E-state index in [1.54, 1.807) is 34.9 Å². The van der Waals surface area contributed by atoms with Gasteiger partial charge in [-0.1, -0.05) is 56.0 Å². The third kappa shape index (κ3) is 5.96. The Bertz CT molecular complexity index is 1560. The number of imide groups is 1. The van der Waals surface area contributed by atoms with Crippen molar-refractivity contribution in [1.29, 1.82) is 0 Å². The predicted molar refractivity (Wildman–Crippen MR) is 172 cm³/mol. The topological polar surface area (TPSA) is 91.7 Å². The van der Waals surface area contributed by atoms with Gasteiger partial charge in [-0.15, -0.1) is 0 Å². The fraction of sp³-hybridized carbons (Fsp3) is 0.500. The molecule has 2 aromatic carbocycles. The van der Waals surface area contributed by atoms with Gasteiger partial charge >= 0.3 is 0 Å². The summed E-state index contributed by atoms with van der Waals surface area (Å²) in [4.78, 5) is 55.8. The van der Waals surface area contributed by atoms with Crippen LogP contribution in [-0.4, -0.2) is 63.3 Å². The Morgan fingerprint density at radius 3 is 2.00 bits per heavy atom. The van der Waals surface area contributed by atoms with E-state index in [9.17, 15) is 19.2 Å². The lowest BCUT2D eigenvalue weighted by molar-refractivity contribution is 0.0650. The molecular weight excluding hydrogens is 552 g/mol. The third-order valence-electron chi connectivity index (χ3n) is 9.85. The SMILES string of the molecule is CC(C)n1c(=O)c(C(=O)NC2C[C@H]3CC[C@H](C2)N3CCCCCCCCN2C(=O)c3ccccc3C2=O)cc2ccccc21. The minimum Gasteiger partial charge on any atom is -0.349 e. The molecule has 232 valence electrons. The molecule has 2 bridgehead atoms. The highest BCUT2D eigenvalue weighted by atomic mass is 16.2. The lowest BCUT2D eigenvalue weighted by atomic mass is 9.96. The van der Waals surface area contributed by atoms with E-state index < -0.39 is 0 Å². The molecule has 2 atom stereocenters. The molecule has 8 heteroatoms. The van der Waals surface area contributed by atoms with Gasteiger partial charge < -0.3 is 9.88 Å². The minimum atomic E-state index is -0.254. The Morgan fingerprint density at radius 2 is 1.36 bits per heavy atom. The van der Waals surface area contributed by atoms with Crippen LogP contribution in [0.1, 0.15) is 115 Å². The van der Waals surface area contributed by atoms with Gasteiger partial charge in [-0.05, 0) is 88.6 Å². The van der Waals surface area contributed by atoms with Crippen LogP contribution in [0.5, 0.6) is 0 Å². The monoisotopic (exact) mass is 596 g/mol. The highest BCUT2D eigenvalue weighted by Gasteiger charge is 2.41. The summed E-state index contributed by atoms with van der Waals surface area (Å²) in [6.07, 6.45) is 10.7. The summed E-state index contributed by atoms with van der Waals surface area (Å²) in [6, 6.07) is 17.6. The van der Waals surface area contributed by atoms with Crippen LogP contribution in [-0.2, 0) is 0 Å². The van der Waals surface area contributed by atoms with E-state index in [0.29, 0.717) is 29.8 Å². The molecule has 0 spiro atoms. The second kappa shape index (κ2) is 13.1. The molecule has 3 aromatic rings. The Balaban J connectivity index is 0.923. The number of para-hydroxylation sites is 1. The van der Waals surface area contributed by atoms with E-state index in [4.69, 9.17) is 0 Å². The largest absolute Gasteiger partial charge is 0.349 e. The number of benzene rings is 2. The molecule has 1 N–H and O–H groups in total. The van der Waals surface area contributed by atoms with Crippen LogP contribution >= 0.6 is 0 Å². The van der Waals surface area contributed by atoms with Gasteiger partial charge in [0.15, 0.2) is 0 Å². The zero-order valence-electron chi connectivity index (χ0n) is 26.0. The van der Waals surface area contributed by atoms with Crippen molar-refractivity contribution < 1.29 is 14.4 Å². The second-order valence-corrected chi connectivity index (χ2v) is 13.1. The van der Waals surface area contributed by atoms with Gasteiger partial charge in [0.25, 0.3) is 23.3 Å². The standard InChI is InChI=1S/C36H44N4O4/c1-24(2)40-32-16-10-7-13-25(32)21-31(36(40)44)33(41)37-26-22-27-17-18-28(23-26)38(27)19-11-5-3-4-6-12-20-39-34(42)29-14-8-9-15-30(29)35(39)43/h7-10,13-16,21,24,26-28H,3-6,11-12,17-20,22-23H2,1-2H3,(H,37,41)/t27-,28-/m1/s1. The fourth-order valence-corrected chi connectivity index (χ4v) is 7.69. The number of nitrogens with one attached hydrogen (secondary N) is 1. The molecule has 3 amide bonds. The van der Waals surface area contributed by atoms with Crippen LogP contribution in [0, 0.1) is 0 Å². The number of piperidine rings is 1. The number of unbranched alkanes of at least 4 members (excludes halogenated alkanes) is 5. The maximum Gasteiger partial charge on any atom is 0.264 e. The molecule has 3 aliphatic rings. The number of hydrogen-bond acceptors (Lipinski definition) is 5. The quantitative estimate of drug-likeness (QED) is 0.206. The Hall–Kier alpha value is -3.78. The van der Waals surface area contributed by atoms with Gasteiger partial charge in [0.1, 0.15) is 5.56 Å². The number of rotatable bonds is 12. The van der Waals surface area contributed by atoms with Crippen molar-refractivity contribution in [2.45, 2.75) is 102 Å². The minimum absolute atomic E-state index is 0.0380. The van der Waals surface area contributed by atoms with E-state index in [0.717, 1.165) is 62.4 Å². The number of aromatic nitrogens is 1. The maximum atomic E-state index is 13.4. The summed E-state index contributed by atoms with van der Waals surface area (Å²) in [7, 11) is 0. The van der Waals surface area contributed by atoms with Crippen molar-refractivity contribution in [1.82, 2.24) is 19.7 Å². The van der Waals surface area contributed by atoms with E-state index >= 15 is 0 Å². The van der Waals surface area contributed by atoms with Crippen LogP contribution in [0.3, 0.4) is 0 Å². The first-order chi connectivity index (χ1) is 21.3. The molecule has 3 aliphatic heterocycles. The highest BCUT2D eigenvalue weighted by molar-refractivity contribution is 6.21. The molecule has 1 aromatic heterocycles. The summed E-state index contributed by atoms with van der Waals surface area (Å²) < 4.78 is 1.73. The van der Waals surface area contributed by atoms with Crippen LogP contribution in [0.25, 0.3) is 10.9 Å². The molecule has 6 rings (SSSR count). The predicted octanol–water partition coefficient (Wildman–Crippen LogP) is 5.94. The average Bonchev–Trinajstić information content (AvgIpc) is 3.40. The van der Waals surface area contributed by atoms with Gasteiger partial charge in [-0.2, -0.15) is 0 Å². The number of carbonyl (C=O) groups is 3. The number of nitrogens with zero attached hydrogens (tertiary/aromatic N) is 3. The average molecular weight is 597 g/mol. The van der Waals surface area contributed by atoms with E-state index in [1.165, 1.54) is 24.2 Å². The van der Waals surface area contributed by atoms with Crippen LogP contribution in [0.4, 0.5) is 0 Å². The first-order valence-electron chi connectivity index (χ1n) is 16.5. The zero-order chi connectivity index (χ0) is 30.8. The normalized spacial score (nSPS) is 21.4. The number of fused-ring (bicyclic) bond motifs is 4. The Kier molecular flexibility index (Phi) is 8.98. The van der Waals surface area contributed by atoms with Crippen molar-refractivity contribution in [3.63, 3.8) is 0 Å². The molecule has 0 radical (unpaired) electrons. The summed E-state index contributed by atoms with van der Waals surface area (Å²) in [5.74, 6) is -0.575. The Labute approximate surface area is 259 Å². The first kappa shape index (κ1) is 30.3. The van der Waals surface area contributed by atoms with Gasteiger partial charge in [0.2, 0.25) is 0 Å². The van der Waals surface area contributed by atoms with Gasteiger partial charge in [-0.3, -0.25) is 29.0 Å². The van der Waals surface area contributed by atoms with E-state index in [1.807, 2.05) is 38.1 Å². The highest BCUT2D eigenvalue weighted by Crippen LogP contribution is 2.36. The van der Waals surface area contributed by atoms with Crippen molar-refractivity contribution in [2.24, 2.45) is 0 Å². The van der Waals surface area contributed by atoms with E-state index in [2.05, 4.69) is 10.2 Å². The van der Waals surface area contributed by atoms with Crippen molar-refractivity contribution >= 4 is 28.6 Å². The van der Waals surface area contributed by atoms with E-state index in [-0.39, 0.29) is 40.9 Å². The smallest absolute Gasteiger partial charge is 0.264 e. The van der Waals surface area contributed by atoms with Crippen LogP contribution in [0.2, 0.25) is 0 Å². The van der Waals surface area contributed by atoms with Crippen molar-refractivity contribution in [3.05, 3.63) is 81.6 Å². The number of pyridine rings is 1. The number of amides is 3. The molecule has 8 nitrogen and oxygen atoms in total. The molecule has 2 saturated heterocycles. The summed E-state index contributed by atoms with van der Waals surface area (Å²) in [5, 5.41) is 4.14. The lowest BCUT2D eigenvalue weighted by Gasteiger charge is -2.39. The van der Waals surface area contributed by atoms with Crippen molar-refractivity contribution in [3.8, 4) is 0 Å². The van der Waals surface area contributed by atoms with Crippen molar-refractivity contribution in [2.75, 3.05) is 13.1 Å². The number of carbonyl (C=O) groups excluding carboxylic acids is 3. The molecule has 0 unspecified atom stereocenters. The molecule has 2 fully saturated rings. The lowest BCUT2D eigenvalue weighted by Crippen LogP contribution is -2.51. The molecule has 0 saturated carbocycles. The maximum absolute atomic E-state index is 13.4. The zero-order valence-corrected chi connectivity index (χ0v) is 26.0. The molecule has 44 heavy (non-hydrogen) atoms. The van der Waals surface area contributed by atoms with Gasteiger partial charge in [-0.25, -0.2) is 0 Å². The molecular formula is C36H44N4O4. The first-order valence-corrected chi connectivity index (χ1v) is 16.5. The van der Waals surface area contributed by atoms with Gasteiger partial charge in [0, 0.05) is 30.7 Å². The second-order valence-electron chi connectivity index (χ2n) is 13.1. The molecule has 4 heterocycles. The summed E-state index contributed by atoms with van der Waals surface area (Å²) in [5.41, 5.74) is 1.92. The molecule has 0 aliphatic carbocycles.